The fraction of sp³-hybridized carbons (Fsp3) is 0.500. The highest BCUT2D eigenvalue weighted by molar-refractivity contribution is 6.34. The number of likely N-dealkylation sites (tertiary alicyclic amines) is 1. The first-order valence-electron chi connectivity index (χ1n) is 5.58. The molecule has 1 aromatic carbocycles. The van der Waals surface area contributed by atoms with Gasteiger partial charge in [-0.1, -0.05) is 23.2 Å². The highest BCUT2D eigenvalue weighted by Gasteiger charge is 2.22. The summed E-state index contributed by atoms with van der Waals surface area (Å²) >= 11 is 12.0. The van der Waals surface area contributed by atoms with Crippen LogP contribution >= 0.6 is 35.6 Å². The Kier molecular flexibility index (Phi) is 6.04. The van der Waals surface area contributed by atoms with Crippen LogP contribution in [0.1, 0.15) is 18.4 Å². The van der Waals surface area contributed by atoms with Gasteiger partial charge in [0.25, 0.3) is 0 Å². The molecule has 17 heavy (non-hydrogen) atoms. The van der Waals surface area contributed by atoms with E-state index in [1.807, 2.05) is 12.1 Å². The maximum absolute atomic E-state index is 5.98. The maximum atomic E-state index is 5.98. The molecule has 96 valence electrons. The highest BCUT2D eigenvalue weighted by Crippen LogP contribution is 2.23. The van der Waals surface area contributed by atoms with E-state index in [0.29, 0.717) is 16.1 Å². The van der Waals surface area contributed by atoms with Gasteiger partial charge in [0, 0.05) is 29.2 Å². The normalized spacial score (nSPS) is 20.3. The number of nitrogens with zero attached hydrogens (tertiary/aromatic N) is 1. The number of hydrogen-bond donors (Lipinski definition) is 1. The number of benzene rings is 1. The van der Waals surface area contributed by atoms with E-state index in [0.717, 1.165) is 25.2 Å². The molecule has 0 aliphatic carbocycles. The molecule has 5 heteroatoms. The number of hydrogen-bond acceptors (Lipinski definition) is 2. The SMILES string of the molecule is Cl.NCC1CCCN1Cc1cc(Cl)cc(Cl)c1. The van der Waals surface area contributed by atoms with Gasteiger partial charge < -0.3 is 5.73 Å². The van der Waals surface area contributed by atoms with Crippen LogP contribution in [0.4, 0.5) is 0 Å². The molecule has 1 atom stereocenters. The Morgan fingerprint density at radius 1 is 1.24 bits per heavy atom. The summed E-state index contributed by atoms with van der Waals surface area (Å²) < 4.78 is 0. The minimum atomic E-state index is 0. The summed E-state index contributed by atoms with van der Waals surface area (Å²) in [5.41, 5.74) is 6.91. The molecular weight excluding hydrogens is 279 g/mol. The zero-order chi connectivity index (χ0) is 11.5. The fourth-order valence-corrected chi connectivity index (χ4v) is 2.88. The van der Waals surface area contributed by atoms with Crippen molar-refractivity contribution in [2.75, 3.05) is 13.1 Å². The summed E-state index contributed by atoms with van der Waals surface area (Å²) in [5, 5.41) is 1.40. The molecule has 1 heterocycles. The van der Waals surface area contributed by atoms with Crippen molar-refractivity contribution in [3.05, 3.63) is 33.8 Å². The first-order chi connectivity index (χ1) is 7.69. The Morgan fingerprint density at radius 2 is 1.88 bits per heavy atom. The lowest BCUT2D eigenvalue weighted by Gasteiger charge is -2.23. The molecule has 1 fully saturated rings. The molecule has 2 nitrogen and oxygen atoms in total. The number of rotatable bonds is 3. The van der Waals surface area contributed by atoms with Crippen molar-refractivity contribution in [3.63, 3.8) is 0 Å². The van der Waals surface area contributed by atoms with Crippen LogP contribution in [0.5, 0.6) is 0 Å². The Labute approximate surface area is 118 Å². The lowest BCUT2D eigenvalue weighted by atomic mass is 10.2. The lowest BCUT2D eigenvalue weighted by molar-refractivity contribution is 0.250. The van der Waals surface area contributed by atoms with Crippen LogP contribution in [0.15, 0.2) is 18.2 Å². The van der Waals surface area contributed by atoms with Crippen molar-refractivity contribution < 1.29 is 0 Å². The second-order valence-electron chi connectivity index (χ2n) is 4.28. The van der Waals surface area contributed by atoms with E-state index in [9.17, 15) is 0 Å². The molecule has 1 saturated heterocycles. The molecule has 0 radical (unpaired) electrons. The Bertz CT molecular complexity index is 351. The molecular formula is C12H17Cl3N2. The third-order valence-corrected chi connectivity index (χ3v) is 3.52. The van der Waals surface area contributed by atoms with Gasteiger partial charge in [-0.3, -0.25) is 4.90 Å². The zero-order valence-corrected chi connectivity index (χ0v) is 11.9. The van der Waals surface area contributed by atoms with E-state index in [1.165, 1.54) is 12.8 Å². The van der Waals surface area contributed by atoms with Crippen molar-refractivity contribution in [1.82, 2.24) is 4.90 Å². The smallest absolute Gasteiger partial charge is 0.0424 e. The molecule has 0 aromatic heterocycles. The van der Waals surface area contributed by atoms with Crippen LogP contribution in [0, 0.1) is 0 Å². The van der Waals surface area contributed by atoms with E-state index >= 15 is 0 Å². The third-order valence-electron chi connectivity index (χ3n) is 3.08. The lowest BCUT2D eigenvalue weighted by Crippen LogP contribution is -2.34. The van der Waals surface area contributed by atoms with Crippen molar-refractivity contribution in [2.45, 2.75) is 25.4 Å². The molecule has 0 bridgehead atoms. The van der Waals surface area contributed by atoms with Crippen molar-refractivity contribution >= 4 is 35.6 Å². The summed E-state index contributed by atoms with van der Waals surface area (Å²) in [4.78, 5) is 2.40. The van der Waals surface area contributed by atoms with Crippen LogP contribution in [0.25, 0.3) is 0 Å². The molecule has 2 rings (SSSR count). The Hall–Kier alpha value is 0.01000. The van der Waals surface area contributed by atoms with Crippen molar-refractivity contribution in [1.29, 1.82) is 0 Å². The minimum absolute atomic E-state index is 0. The molecule has 0 amide bonds. The predicted molar refractivity (Wildman–Crippen MR) is 76.2 cm³/mol. The summed E-state index contributed by atoms with van der Waals surface area (Å²) in [6.45, 7) is 2.74. The third kappa shape index (κ3) is 4.01. The molecule has 1 unspecified atom stereocenters. The molecule has 0 spiro atoms. The van der Waals surface area contributed by atoms with Crippen LogP contribution < -0.4 is 5.73 Å². The molecule has 1 aromatic rings. The first-order valence-corrected chi connectivity index (χ1v) is 6.33. The van der Waals surface area contributed by atoms with E-state index in [-0.39, 0.29) is 12.4 Å². The first kappa shape index (κ1) is 15.1. The van der Waals surface area contributed by atoms with Gasteiger partial charge in [0.05, 0.1) is 0 Å². The second-order valence-corrected chi connectivity index (χ2v) is 5.15. The van der Waals surface area contributed by atoms with Crippen molar-refractivity contribution in [3.8, 4) is 0 Å². The van der Waals surface area contributed by atoms with Gasteiger partial charge in [0.1, 0.15) is 0 Å². The van der Waals surface area contributed by atoms with Gasteiger partial charge >= 0.3 is 0 Å². The van der Waals surface area contributed by atoms with Crippen LogP contribution in [0.3, 0.4) is 0 Å². The van der Waals surface area contributed by atoms with E-state index in [4.69, 9.17) is 28.9 Å². The fourth-order valence-electron chi connectivity index (χ4n) is 2.31. The summed E-state index contributed by atoms with van der Waals surface area (Å²) in [7, 11) is 0. The van der Waals surface area contributed by atoms with Gasteiger partial charge in [0.2, 0.25) is 0 Å². The van der Waals surface area contributed by atoms with Crippen LogP contribution in [0.2, 0.25) is 10.0 Å². The average Bonchev–Trinajstić information content (AvgIpc) is 2.63. The summed E-state index contributed by atoms with van der Waals surface area (Å²) in [6.07, 6.45) is 2.43. The van der Waals surface area contributed by atoms with Gasteiger partial charge in [-0.25, -0.2) is 0 Å². The van der Waals surface area contributed by atoms with Gasteiger partial charge in [-0.15, -0.1) is 12.4 Å². The number of nitrogens with two attached hydrogens (primary N) is 1. The number of halogens is 3. The van der Waals surface area contributed by atoms with Gasteiger partial charge in [-0.2, -0.15) is 0 Å². The Balaban J connectivity index is 0.00000144. The quantitative estimate of drug-likeness (QED) is 0.927. The zero-order valence-electron chi connectivity index (χ0n) is 9.53. The van der Waals surface area contributed by atoms with Gasteiger partial charge in [-0.05, 0) is 43.1 Å². The summed E-state index contributed by atoms with van der Waals surface area (Å²) in [6, 6.07) is 6.22. The average molecular weight is 296 g/mol. The topological polar surface area (TPSA) is 29.3 Å². The standard InChI is InChI=1S/C12H16Cl2N2.ClH/c13-10-4-9(5-11(14)6-10)8-16-3-1-2-12(16)7-15;/h4-6,12H,1-3,7-8,15H2;1H. The second kappa shape index (κ2) is 6.81. The molecule has 0 saturated carbocycles. The Morgan fingerprint density at radius 3 is 2.47 bits per heavy atom. The van der Waals surface area contributed by atoms with Crippen molar-refractivity contribution in [2.24, 2.45) is 5.73 Å². The highest BCUT2D eigenvalue weighted by atomic mass is 35.5. The van der Waals surface area contributed by atoms with E-state index < -0.39 is 0 Å². The minimum Gasteiger partial charge on any atom is -0.329 e. The van der Waals surface area contributed by atoms with Crippen LogP contribution in [-0.2, 0) is 6.54 Å². The predicted octanol–water partition coefficient (Wildman–Crippen LogP) is 3.34. The van der Waals surface area contributed by atoms with Gasteiger partial charge in [0.15, 0.2) is 0 Å². The van der Waals surface area contributed by atoms with E-state index in [1.54, 1.807) is 6.07 Å². The van der Waals surface area contributed by atoms with E-state index in [2.05, 4.69) is 4.90 Å². The summed E-state index contributed by atoms with van der Waals surface area (Å²) in [5.74, 6) is 0. The molecule has 1 aliphatic heterocycles. The monoisotopic (exact) mass is 294 g/mol. The van der Waals surface area contributed by atoms with Crippen LogP contribution in [-0.4, -0.2) is 24.0 Å². The molecule has 2 N–H and O–H groups in total. The molecule has 1 aliphatic rings. The largest absolute Gasteiger partial charge is 0.329 e. The maximum Gasteiger partial charge on any atom is 0.0424 e.